The average molecular weight is 419 g/mol. The van der Waals surface area contributed by atoms with Crippen LogP contribution >= 0.6 is 11.6 Å². The second-order valence-corrected chi connectivity index (χ2v) is 10.1. The number of hydrogen-bond donors (Lipinski definition) is 0. The van der Waals surface area contributed by atoms with E-state index in [1.54, 1.807) is 29.2 Å². The predicted octanol–water partition coefficient (Wildman–Crippen LogP) is 3.41. The first-order valence-corrected chi connectivity index (χ1v) is 11.4. The van der Waals surface area contributed by atoms with Gasteiger partial charge in [-0.2, -0.15) is 0 Å². The van der Waals surface area contributed by atoms with Gasteiger partial charge in [-0.15, -0.1) is 0 Å². The summed E-state index contributed by atoms with van der Waals surface area (Å²) in [4.78, 5) is 17.3. The molecule has 0 unspecified atom stereocenters. The Morgan fingerprint density at radius 2 is 1.71 bits per heavy atom. The van der Waals surface area contributed by atoms with Crippen molar-refractivity contribution in [1.82, 2.24) is 4.90 Å². The normalized spacial score (nSPS) is 17.6. The second kappa shape index (κ2) is 7.41. The average Bonchev–Trinajstić information content (AvgIpc) is 3.09. The summed E-state index contributed by atoms with van der Waals surface area (Å²) in [6, 6.07) is 12.2. The number of likely N-dealkylation sites (N-methyl/N-ethyl adjacent to an activating group) is 1. The van der Waals surface area contributed by atoms with E-state index in [0.29, 0.717) is 35.8 Å². The zero-order valence-corrected chi connectivity index (χ0v) is 17.3. The molecule has 7 heteroatoms. The standard InChI is InChI=1S/C21H23ClN2O3S/c1-23-12-11-18-19(3-2-4-20(18)23)21(25)24-13-9-17(10-14-24)28(26,27)16-7-5-15(22)6-8-16/h2-8,17H,9-14H2,1H3. The fourth-order valence-corrected chi connectivity index (χ4v) is 6.01. The third-order valence-corrected chi connectivity index (χ3v) is 8.33. The molecule has 1 saturated heterocycles. The van der Waals surface area contributed by atoms with Gasteiger partial charge in [0.2, 0.25) is 0 Å². The fraction of sp³-hybridized carbons (Fsp3) is 0.381. The van der Waals surface area contributed by atoms with Gasteiger partial charge in [0.1, 0.15) is 0 Å². The van der Waals surface area contributed by atoms with E-state index < -0.39 is 15.1 Å². The van der Waals surface area contributed by atoms with Gasteiger partial charge in [0, 0.05) is 43.0 Å². The van der Waals surface area contributed by atoms with E-state index in [9.17, 15) is 13.2 Å². The van der Waals surface area contributed by atoms with Gasteiger partial charge in [-0.25, -0.2) is 8.42 Å². The molecule has 1 amide bonds. The Kier molecular flexibility index (Phi) is 5.10. The first-order valence-electron chi connectivity index (χ1n) is 9.49. The van der Waals surface area contributed by atoms with Crippen LogP contribution < -0.4 is 4.90 Å². The van der Waals surface area contributed by atoms with Crippen molar-refractivity contribution >= 4 is 33.0 Å². The summed E-state index contributed by atoms with van der Waals surface area (Å²) in [6.45, 7) is 1.83. The lowest BCUT2D eigenvalue weighted by Gasteiger charge is -2.32. The van der Waals surface area contributed by atoms with E-state index in [1.165, 1.54) is 0 Å². The van der Waals surface area contributed by atoms with Crippen LogP contribution in [0.25, 0.3) is 0 Å². The Morgan fingerprint density at radius 3 is 2.39 bits per heavy atom. The largest absolute Gasteiger partial charge is 0.374 e. The maximum Gasteiger partial charge on any atom is 0.254 e. The van der Waals surface area contributed by atoms with Gasteiger partial charge < -0.3 is 9.80 Å². The molecule has 148 valence electrons. The van der Waals surface area contributed by atoms with Crippen molar-refractivity contribution in [2.45, 2.75) is 29.4 Å². The number of carbonyl (C=O) groups is 1. The van der Waals surface area contributed by atoms with Gasteiger partial charge in [-0.3, -0.25) is 4.79 Å². The molecule has 0 saturated carbocycles. The van der Waals surface area contributed by atoms with Crippen LogP contribution in [0.4, 0.5) is 5.69 Å². The third-order valence-electron chi connectivity index (χ3n) is 5.80. The molecule has 0 N–H and O–H groups in total. The van der Waals surface area contributed by atoms with E-state index in [-0.39, 0.29) is 5.91 Å². The topological polar surface area (TPSA) is 57.7 Å². The predicted molar refractivity (Wildman–Crippen MR) is 111 cm³/mol. The first-order chi connectivity index (χ1) is 13.4. The van der Waals surface area contributed by atoms with Crippen molar-refractivity contribution < 1.29 is 13.2 Å². The lowest BCUT2D eigenvalue weighted by atomic mass is 10.0. The molecule has 28 heavy (non-hydrogen) atoms. The lowest BCUT2D eigenvalue weighted by molar-refractivity contribution is 0.0725. The molecule has 2 aliphatic rings. The molecule has 2 aromatic rings. The zero-order chi connectivity index (χ0) is 19.9. The maximum absolute atomic E-state index is 13.1. The van der Waals surface area contributed by atoms with E-state index in [4.69, 9.17) is 11.6 Å². The van der Waals surface area contributed by atoms with E-state index >= 15 is 0 Å². The number of amides is 1. The first kappa shape index (κ1) is 19.3. The Morgan fingerprint density at radius 1 is 1.04 bits per heavy atom. The minimum absolute atomic E-state index is 0.00879. The molecular formula is C21H23ClN2O3S. The number of rotatable bonds is 3. The summed E-state index contributed by atoms with van der Waals surface area (Å²) < 4.78 is 25.8. The number of anilines is 1. The van der Waals surface area contributed by atoms with Crippen LogP contribution in [0.2, 0.25) is 5.02 Å². The van der Waals surface area contributed by atoms with Crippen LogP contribution in [0.3, 0.4) is 0 Å². The van der Waals surface area contributed by atoms with Crippen molar-refractivity contribution in [3.05, 3.63) is 58.6 Å². The summed E-state index contributed by atoms with van der Waals surface area (Å²) in [5, 5.41) is 0.0470. The minimum Gasteiger partial charge on any atom is -0.374 e. The van der Waals surface area contributed by atoms with Crippen LogP contribution in [0.1, 0.15) is 28.8 Å². The highest BCUT2D eigenvalue weighted by Gasteiger charge is 2.34. The Hall–Kier alpha value is -2.05. The van der Waals surface area contributed by atoms with Crippen LogP contribution in [0.5, 0.6) is 0 Å². The van der Waals surface area contributed by atoms with Crippen molar-refractivity contribution in [2.75, 3.05) is 31.6 Å². The van der Waals surface area contributed by atoms with Crippen molar-refractivity contribution in [3.63, 3.8) is 0 Å². The van der Waals surface area contributed by atoms with Gasteiger partial charge in [0.05, 0.1) is 10.1 Å². The number of benzene rings is 2. The molecule has 0 aromatic heterocycles. The Labute approximate surface area is 170 Å². The molecule has 2 aliphatic heterocycles. The Bertz CT molecular complexity index is 997. The van der Waals surface area contributed by atoms with E-state index in [0.717, 1.165) is 29.8 Å². The van der Waals surface area contributed by atoms with Gasteiger partial charge in [0.15, 0.2) is 9.84 Å². The highest BCUT2D eigenvalue weighted by atomic mass is 35.5. The monoisotopic (exact) mass is 418 g/mol. The maximum atomic E-state index is 13.1. The van der Waals surface area contributed by atoms with Crippen molar-refractivity contribution in [1.29, 1.82) is 0 Å². The number of sulfone groups is 1. The van der Waals surface area contributed by atoms with Crippen LogP contribution in [-0.2, 0) is 16.3 Å². The second-order valence-electron chi connectivity index (χ2n) is 7.47. The van der Waals surface area contributed by atoms with Crippen LogP contribution in [-0.4, -0.2) is 51.2 Å². The van der Waals surface area contributed by atoms with Crippen LogP contribution in [0, 0.1) is 0 Å². The summed E-state index contributed by atoms with van der Waals surface area (Å²) in [5.41, 5.74) is 2.97. The summed E-state index contributed by atoms with van der Waals surface area (Å²) in [7, 11) is -1.38. The molecule has 2 heterocycles. The molecule has 0 aliphatic carbocycles. The number of piperidine rings is 1. The highest BCUT2D eigenvalue weighted by molar-refractivity contribution is 7.92. The smallest absolute Gasteiger partial charge is 0.254 e. The quantitative estimate of drug-likeness (QED) is 0.766. The zero-order valence-electron chi connectivity index (χ0n) is 15.8. The molecule has 2 aromatic carbocycles. The molecule has 0 spiro atoms. The minimum atomic E-state index is -3.41. The Balaban J connectivity index is 1.48. The van der Waals surface area contributed by atoms with Gasteiger partial charge >= 0.3 is 0 Å². The van der Waals surface area contributed by atoms with E-state index in [2.05, 4.69) is 4.90 Å². The molecule has 0 radical (unpaired) electrons. The van der Waals surface area contributed by atoms with Crippen LogP contribution in [0.15, 0.2) is 47.4 Å². The number of halogens is 1. The highest BCUT2D eigenvalue weighted by Crippen LogP contribution is 2.31. The van der Waals surface area contributed by atoms with E-state index in [1.807, 2.05) is 25.2 Å². The van der Waals surface area contributed by atoms with Crippen molar-refractivity contribution in [2.24, 2.45) is 0 Å². The summed E-state index contributed by atoms with van der Waals surface area (Å²) >= 11 is 5.87. The SMILES string of the molecule is CN1CCc2c(C(=O)N3CCC(S(=O)(=O)c4ccc(Cl)cc4)CC3)cccc21. The molecule has 0 bridgehead atoms. The van der Waals surface area contributed by atoms with Gasteiger partial charge in [0.25, 0.3) is 5.91 Å². The molecule has 0 atom stereocenters. The lowest BCUT2D eigenvalue weighted by Crippen LogP contribution is -2.42. The number of nitrogens with zero attached hydrogens (tertiary/aromatic N) is 2. The number of hydrogen-bond acceptors (Lipinski definition) is 4. The molecule has 4 rings (SSSR count). The summed E-state index contributed by atoms with van der Waals surface area (Å²) in [6.07, 6.45) is 1.77. The molecule has 1 fully saturated rings. The molecular weight excluding hydrogens is 396 g/mol. The van der Waals surface area contributed by atoms with Gasteiger partial charge in [-0.05, 0) is 61.2 Å². The number of carbonyl (C=O) groups excluding carboxylic acids is 1. The van der Waals surface area contributed by atoms with Gasteiger partial charge in [-0.1, -0.05) is 17.7 Å². The number of fused-ring (bicyclic) bond motifs is 1. The third kappa shape index (κ3) is 3.40. The fourth-order valence-electron chi connectivity index (χ4n) is 4.15. The van der Waals surface area contributed by atoms with Crippen molar-refractivity contribution in [3.8, 4) is 0 Å². The molecule has 5 nitrogen and oxygen atoms in total. The number of likely N-dealkylation sites (tertiary alicyclic amines) is 1. The summed E-state index contributed by atoms with van der Waals surface area (Å²) in [5.74, 6) is 0.00879.